The summed E-state index contributed by atoms with van der Waals surface area (Å²) in [6.45, 7) is 1.33. The quantitative estimate of drug-likeness (QED) is 0.448. The summed E-state index contributed by atoms with van der Waals surface area (Å²) in [7, 11) is 1.35. The first-order valence-electron chi connectivity index (χ1n) is 9.20. The summed E-state index contributed by atoms with van der Waals surface area (Å²) in [5.74, 6) is -0.347. The van der Waals surface area contributed by atoms with E-state index in [4.69, 9.17) is 15.9 Å². The molecule has 0 radical (unpaired) electrons. The fourth-order valence-electron chi connectivity index (χ4n) is 3.72. The molecule has 0 unspecified atom stereocenters. The monoisotopic (exact) mass is 374 g/mol. The zero-order valence-electron chi connectivity index (χ0n) is 15.5. The van der Waals surface area contributed by atoms with Gasteiger partial charge in [-0.15, -0.1) is 0 Å². The number of amides is 2. The molecule has 146 valence electrons. The van der Waals surface area contributed by atoms with Gasteiger partial charge in [-0.2, -0.15) is 0 Å². The van der Waals surface area contributed by atoms with Crippen molar-refractivity contribution in [3.63, 3.8) is 0 Å². The minimum Gasteiger partial charge on any atom is -0.467 e. The van der Waals surface area contributed by atoms with Gasteiger partial charge < -0.3 is 20.1 Å². The summed E-state index contributed by atoms with van der Waals surface area (Å²) in [6, 6.07) is 7.40. The number of rotatable bonds is 6. The third kappa shape index (κ3) is 4.39. The fourth-order valence-corrected chi connectivity index (χ4v) is 3.72. The van der Waals surface area contributed by atoms with Crippen molar-refractivity contribution in [2.24, 2.45) is 5.73 Å². The molecule has 1 heterocycles. The van der Waals surface area contributed by atoms with Crippen LogP contribution in [0.3, 0.4) is 0 Å². The molecule has 0 spiro atoms. The van der Waals surface area contributed by atoms with Gasteiger partial charge in [-0.25, -0.2) is 9.59 Å². The van der Waals surface area contributed by atoms with Gasteiger partial charge in [0.1, 0.15) is 12.4 Å². The van der Waals surface area contributed by atoms with Gasteiger partial charge in [0.2, 0.25) is 0 Å². The Morgan fingerprint density at radius 1 is 1.19 bits per heavy atom. The first-order valence-corrected chi connectivity index (χ1v) is 9.20. The highest BCUT2D eigenvalue weighted by molar-refractivity contribution is 5.97. The van der Waals surface area contributed by atoms with E-state index in [1.165, 1.54) is 7.11 Å². The molecule has 1 aliphatic carbocycles. The molecule has 1 saturated carbocycles. The summed E-state index contributed by atoms with van der Waals surface area (Å²) in [5, 5.41) is 7.45. The number of nitrogens with zero attached hydrogens (tertiary/aromatic N) is 2. The number of ether oxygens (including phenoxy) is 2. The molecule has 1 aromatic carbocycles. The Hall–Kier alpha value is -2.61. The highest BCUT2D eigenvalue weighted by Gasteiger charge is 2.36. The number of methoxy groups -OCH3 is 1. The maximum atomic E-state index is 12.9. The van der Waals surface area contributed by atoms with Gasteiger partial charge in [0, 0.05) is 30.4 Å². The van der Waals surface area contributed by atoms with Crippen molar-refractivity contribution >= 4 is 23.5 Å². The highest BCUT2D eigenvalue weighted by atomic mass is 16.6. The third-order valence-corrected chi connectivity index (χ3v) is 5.28. The summed E-state index contributed by atoms with van der Waals surface area (Å²) in [4.78, 5) is 27.7. The van der Waals surface area contributed by atoms with Crippen molar-refractivity contribution in [1.82, 2.24) is 4.90 Å². The lowest BCUT2D eigenvalue weighted by Gasteiger charge is -2.34. The Balaban J connectivity index is 1.53. The van der Waals surface area contributed by atoms with Gasteiger partial charge in [-0.05, 0) is 49.9 Å². The van der Waals surface area contributed by atoms with Crippen LogP contribution in [0.25, 0.3) is 0 Å². The van der Waals surface area contributed by atoms with Crippen molar-refractivity contribution in [2.45, 2.75) is 37.8 Å². The molecule has 0 aromatic heterocycles. The molecule has 2 aliphatic rings. The van der Waals surface area contributed by atoms with E-state index in [2.05, 4.69) is 4.74 Å². The predicted molar refractivity (Wildman–Crippen MR) is 101 cm³/mol. The standard InChI is InChI=1S/C19H26N4O4/c1-26-17(24)12-27-16-8-6-15(7-9-16)23-11-10-22(19(23)25)14-4-2-13(3-5-14)18(20)21/h2-5,15-16H,6-12H2,1H3,(H3,20,21). The largest absolute Gasteiger partial charge is 0.467 e. The van der Waals surface area contributed by atoms with Crippen molar-refractivity contribution in [1.29, 1.82) is 5.41 Å². The fraction of sp³-hybridized carbons (Fsp3) is 0.526. The van der Waals surface area contributed by atoms with Crippen molar-refractivity contribution < 1.29 is 19.1 Å². The highest BCUT2D eigenvalue weighted by Crippen LogP contribution is 2.29. The molecule has 8 heteroatoms. The minimum absolute atomic E-state index is 0.0154. The average Bonchev–Trinajstić information content (AvgIpc) is 3.08. The number of nitrogens with one attached hydrogen (secondary N) is 1. The zero-order chi connectivity index (χ0) is 19.4. The lowest BCUT2D eigenvalue weighted by Crippen LogP contribution is -2.42. The number of esters is 1. The van der Waals surface area contributed by atoms with Crippen molar-refractivity contribution in [3.8, 4) is 0 Å². The molecule has 1 aromatic rings. The van der Waals surface area contributed by atoms with Gasteiger partial charge in [-0.1, -0.05) is 0 Å². The van der Waals surface area contributed by atoms with Crippen LogP contribution in [0.5, 0.6) is 0 Å². The average molecular weight is 374 g/mol. The smallest absolute Gasteiger partial charge is 0.331 e. The number of anilines is 1. The molecule has 1 saturated heterocycles. The molecule has 8 nitrogen and oxygen atoms in total. The first kappa shape index (κ1) is 19.2. The minimum atomic E-state index is -0.363. The number of benzene rings is 1. The second-order valence-electron chi connectivity index (χ2n) is 6.91. The zero-order valence-corrected chi connectivity index (χ0v) is 15.5. The molecule has 0 bridgehead atoms. The number of urea groups is 1. The van der Waals surface area contributed by atoms with Crippen LogP contribution >= 0.6 is 0 Å². The third-order valence-electron chi connectivity index (χ3n) is 5.28. The van der Waals surface area contributed by atoms with Gasteiger partial charge in [0.05, 0.1) is 13.2 Å². The molecule has 0 atom stereocenters. The van der Waals surface area contributed by atoms with Crippen LogP contribution in [-0.2, 0) is 14.3 Å². The second kappa shape index (κ2) is 8.39. The molecular weight excluding hydrogens is 348 g/mol. The lowest BCUT2D eigenvalue weighted by atomic mass is 9.92. The molecule has 1 aliphatic heterocycles. The Morgan fingerprint density at radius 2 is 1.85 bits per heavy atom. The Labute approximate surface area is 158 Å². The van der Waals surface area contributed by atoms with Crippen LogP contribution in [-0.4, -0.2) is 61.7 Å². The summed E-state index contributed by atoms with van der Waals surface area (Å²) >= 11 is 0. The van der Waals surface area contributed by atoms with Crippen LogP contribution in [0.15, 0.2) is 24.3 Å². The van der Waals surface area contributed by atoms with Crippen molar-refractivity contribution in [3.05, 3.63) is 29.8 Å². The molecule has 3 rings (SSSR count). The molecule has 27 heavy (non-hydrogen) atoms. The van der Waals surface area contributed by atoms with E-state index in [9.17, 15) is 9.59 Å². The number of hydrogen-bond acceptors (Lipinski definition) is 5. The maximum Gasteiger partial charge on any atom is 0.331 e. The van der Waals surface area contributed by atoms with E-state index < -0.39 is 0 Å². The van der Waals surface area contributed by atoms with Gasteiger partial charge >= 0.3 is 12.0 Å². The van der Waals surface area contributed by atoms with E-state index in [1.54, 1.807) is 17.0 Å². The Morgan fingerprint density at radius 3 is 2.44 bits per heavy atom. The molecule has 3 N–H and O–H groups in total. The van der Waals surface area contributed by atoms with Crippen LogP contribution in [0.1, 0.15) is 31.2 Å². The van der Waals surface area contributed by atoms with Gasteiger partial charge in [-0.3, -0.25) is 10.3 Å². The normalized spacial score (nSPS) is 22.8. The number of carbonyl (C=O) groups is 2. The number of carbonyl (C=O) groups excluding carboxylic acids is 2. The van der Waals surface area contributed by atoms with Crippen LogP contribution in [0, 0.1) is 5.41 Å². The van der Waals surface area contributed by atoms with E-state index in [1.807, 2.05) is 17.0 Å². The summed E-state index contributed by atoms with van der Waals surface area (Å²) in [5.41, 5.74) is 6.95. The number of amidine groups is 1. The van der Waals surface area contributed by atoms with E-state index in [0.29, 0.717) is 18.7 Å². The van der Waals surface area contributed by atoms with E-state index >= 15 is 0 Å². The summed E-state index contributed by atoms with van der Waals surface area (Å²) < 4.78 is 10.2. The van der Waals surface area contributed by atoms with Gasteiger partial charge in [0.25, 0.3) is 0 Å². The topological polar surface area (TPSA) is 109 Å². The maximum absolute atomic E-state index is 12.9. The molecule has 2 amide bonds. The number of hydrogen-bond donors (Lipinski definition) is 2. The summed E-state index contributed by atoms with van der Waals surface area (Å²) in [6.07, 6.45) is 3.45. The molecule has 2 fully saturated rings. The van der Waals surface area contributed by atoms with E-state index in [-0.39, 0.29) is 36.6 Å². The van der Waals surface area contributed by atoms with Crippen LogP contribution in [0.4, 0.5) is 10.5 Å². The first-order chi connectivity index (χ1) is 13.0. The second-order valence-corrected chi connectivity index (χ2v) is 6.91. The Bertz CT molecular complexity index is 698. The number of nitrogen functional groups attached to an aromatic ring is 1. The molecular formula is C19H26N4O4. The van der Waals surface area contributed by atoms with E-state index in [0.717, 1.165) is 31.4 Å². The number of nitrogens with two attached hydrogens (primary N) is 1. The van der Waals surface area contributed by atoms with Crippen molar-refractivity contribution in [2.75, 3.05) is 31.7 Å². The van der Waals surface area contributed by atoms with Crippen LogP contribution < -0.4 is 10.6 Å². The predicted octanol–water partition coefficient (Wildman–Crippen LogP) is 1.71. The van der Waals surface area contributed by atoms with Crippen LogP contribution in [0.2, 0.25) is 0 Å². The SMILES string of the molecule is COC(=O)COC1CCC(N2CCN(c3ccc(C(=N)N)cc3)C2=O)CC1. The van der Waals surface area contributed by atoms with Gasteiger partial charge in [0.15, 0.2) is 0 Å². The lowest BCUT2D eigenvalue weighted by molar-refractivity contribution is -0.148. The Kier molecular flexibility index (Phi) is 5.95.